The fraction of sp³-hybridized carbons (Fsp3) is 0.0667. The second-order valence-corrected chi connectivity index (χ2v) is 5.13. The first-order valence-electron chi connectivity index (χ1n) is 6.06. The van der Waals surface area contributed by atoms with Crippen LogP contribution in [0.4, 0.5) is 5.69 Å². The molecule has 6 heteroatoms. The monoisotopic (exact) mass is 349 g/mol. The van der Waals surface area contributed by atoms with Gasteiger partial charge >= 0.3 is 5.97 Å². The van der Waals surface area contributed by atoms with E-state index in [1.807, 2.05) is 0 Å². The number of para-hydroxylation sites is 1. The van der Waals surface area contributed by atoms with Crippen molar-refractivity contribution in [2.24, 2.45) is 0 Å². The van der Waals surface area contributed by atoms with Gasteiger partial charge in [0.2, 0.25) is 0 Å². The van der Waals surface area contributed by atoms with Crippen molar-refractivity contribution in [2.75, 3.05) is 5.32 Å². The standard InChI is InChI=1S/C15H12BrNO4/c16-12-3-1-2-11(15(20)21)13(12)17-14(19)10-6-4-9(8-18)5-7-10/h1-7,18H,8H2,(H,17,19)(H,20,21). The van der Waals surface area contributed by atoms with Crippen molar-refractivity contribution in [3.8, 4) is 0 Å². The second-order valence-electron chi connectivity index (χ2n) is 4.28. The number of carboxylic acids is 1. The van der Waals surface area contributed by atoms with Crippen LogP contribution in [0.15, 0.2) is 46.9 Å². The number of carboxylic acid groups (broad SMARTS) is 1. The number of hydrogen-bond acceptors (Lipinski definition) is 3. The first-order chi connectivity index (χ1) is 10.0. The first-order valence-corrected chi connectivity index (χ1v) is 6.85. The van der Waals surface area contributed by atoms with Gasteiger partial charge in [0.1, 0.15) is 0 Å². The van der Waals surface area contributed by atoms with E-state index < -0.39 is 11.9 Å². The third-order valence-electron chi connectivity index (χ3n) is 2.88. The summed E-state index contributed by atoms with van der Waals surface area (Å²) in [5, 5.41) is 20.7. The molecule has 0 saturated carbocycles. The molecule has 0 unspecified atom stereocenters. The molecule has 0 bridgehead atoms. The third kappa shape index (κ3) is 3.48. The van der Waals surface area contributed by atoms with Gasteiger partial charge in [0.25, 0.3) is 5.91 Å². The number of aliphatic hydroxyl groups is 1. The molecule has 0 heterocycles. The van der Waals surface area contributed by atoms with Gasteiger partial charge in [-0.05, 0) is 45.8 Å². The van der Waals surface area contributed by atoms with Crippen LogP contribution in [0.25, 0.3) is 0 Å². The molecule has 1 amide bonds. The van der Waals surface area contributed by atoms with E-state index >= 15 is 0 Å². The number of aliphatic hydroxyl groups excluding tert-OH is 1. The van der Waals surface area contributed by atoms with E-state index in [4.69, 9.17) is 10.2 Å². The van der Waals surface area contributed by atoms with Crippen molar-refractivity contribution in [1.82, 2.24) is 0 Å². The van der Waals surface area contributed by atoms with Gasteiger partial charge in [-0.2, -0.15) is 0 Å². The van der Waals surface area contributed by atoms with Crippen molar-refractivity contribution in [1.29, 1.82) is 0 Å². The van der Waals surface area contributed by atoms with E-state index in [-0.39, 0.29) is 17.9 Å². The number of hydrogen-bond donors (Lipinski definition) is 3. The van der Waals surface area contributed by atoms with Gasteiger partial charge in [-0.3, -0.25) is 4.79 Å². The van der Waals surface area contributed by atoms with E-state index in [1.54, 1.807) is 36.4 Å². The molecule has 0 atom stereocenters. The number of benzene rings is 2. The quantitative estimate of drug-likeness (QED) is 0.791. The van der Waals surface area contributed by atoms with Crippen molar-refractivity contribution >= 4 is 33.5 Å². The Morgan fingerprint density at radius 3 is 2.33 bits per heavy atom. The predicted octanol–water partition coefficient (Wildman–Crippen LogP) is 2.89. The lowest BCUT2D eigenvalue weighted by Gasteiger charge is -2.10. The summed E-state index contributed by atoms with van der Waals surface area (Å²) in [4.78, 5) is 23.3. The highest BCUT2D eigenvalue weighted by molar-refractivity contribution is 9.10. The third-order valence-corrected chi connectivity index (χ3v) is 3.54. The number of rotatable bonds is 4. The molecule has 108 valence electrons. The molecule has 0 aliphatic rings. The highest BCUT2D eigenvalue weighted by Crippen LogP contribution is 2.27. The zero-order valence-corrected chi connectivity index (χ0v) is 12.4. The van der Waals surface area contributed by atoms with Crippen LogP contribution in [0.1, 0.15) is 26.3 Å². The van der Waals surface area contributed by atoms with Gasteiger partial charge in [-0.25, -0.2) is 4.79 Å². The van der Waals surface area contributed by atoms with Crippen molar-refractivity contribution in [3.63, 3.8) is 0 Å². The average Bonchev–Trinajstić information content (AvgIpc) is 2.49. The molecule has 3 N–H and O–H groups in total. The number of carbonyl (C=O) groups excluding carboxylic acids is 1. The normalized spacial score (nSPS) is 10.2. The average molecular weight is 350 g/mol. The van der Waals surface area contributed by atoms with Crippen LogP contribution < -0.4 is 5.32 Å². The first kappa shape index (κ1) is 15.2. The summed E-state index contributed by atoms with van der Waals surface area (Å²) in [5.41, 5.74) is 1.28. The summed E-state index contributed by atoms with van der Waals surface area (Å²) >= 11 is 3.23. The van der Waals surface area contributed by atoms with Crippen molar-refractivity contribution in [3.05, 3.63) is 63.6 Å². The maximum Gasteiger partial charge on any atom is 0.337 e. The fourth-order valence-electron chi connectivity index (χ4n) is 1.78. The summed E-state index contributed by atoms with van der Waals surface area (Å²) in [7, 11) is 0. The van der Waals surface area contributed by atoms with Gasteiger partial charge < -0.3 is 15.5 Å². The maximum absolute atomic E-state index is 12.2. The highest BCUT2D eigenvalue weighted by atomic mass is 79.9. The zero-order chi connectivity index (χ0) is 15.4. The molecule has 2 aromatic rings. The predicted molar refractivity (Wildman–Crippen MR) is 81.4 cm³/mol. The molecule has 5 nitrogen and oxygen atoms in total. The largest absolute Gasteiger partial charge is 0.478 e. The summed E-state index contributed by atoms with van der Waals surface area (Å²) in [5.74, 6) is -1.55. The Morgan fingerprint density at radius 2 is 1.76 bits per heavy atom. The number of carbonyl (C=O) groups is 2. The Bertz CT molecular complexity index is 683. The SMILES string of the molecule is O=C(Nc1c(Br)cccc1C(=O)O)c1ccc(CO)cc1. The highest BCUT2D eigenvalue weighted by Gasteiger charge is 2.16. The van der Waals surface area contributed by atoms with Gasteiger partial charge in [0.15, 0.2) is 0 Å². The minimum Gasteiger partial charge on any atom is -0.478 e. The Labute approximate surface area is 129 Å². The molecular formula is C15H12BrNO4. The molecule has 2 aromatic carbocycles. The number of anilines is 1. The van der Waals surface area contributed by atoms with Gasteiger partial charge in [0.05, 0.1) is 17.9 Å². The maximum atomic E-state index is 12.2. The van der Waals surface area contributed by atoms with Crippen molar-refractivity contribution < 1.29 is 19.8 Å². The van der Waals surface area contributed by atoms with Crippen LogP contribution in [0.2, 0.25) is 0 Å². The van der Waals surface area contributed by atoms with Crippen LogP contribution in [0.5, 0.6) is 0 Å². The summed E-state index contributed by atoms with van der Waals surface area (Å²) in [6.07, 6.45) is 0. The molecule has 0 saturated heterocycles. The molecule has 0 aliphatic heterocycles. The van der Waals surface area contributed by atoms with E-state index in [0.29, 0.717) is 15.6 Å². The lowest BCUT2D eigenvalue weighted by Crippen LogP contribution is -2.15. The van der Waals surface area contributed by atoms with Gasteiger partial charge in [0, 0.05) is 10.0 Å². The lowest BCUT2D eigenvalue weighted by molar-refractivity contribution is 0.0698. The van der Waals surface area contributed by atoms with Crippen LogP contribution in [0.3, 0.4) is 0 Å². The Morgan fingerprint density at radius 1 is 1.10 bits per heavy atom. The van der Waals surface area contributed by atoms with Crippen LogP contribution in [-0.2, 0) is 6.61 Å². The summed E-state index contributed by atoms with van der Waals surface area (Å²) in [6, 6.07) is 11.0. The molecule has 0 fully saturated rings. The van der Waals surface area contributed by atoms with Gasteiger partial charge in [-0.1, -0.05) is 18.2 Å². The Kier molecular flexibility index (Phi) is 4.72. The molecule has 21 heavy (non-hydrogen) atoms. The lowest BCUT2D eigenvalue weighted by atomic mass is 10.1. The summed E-state index contributed by atoms with van der Waals surface area (Å²) in [6.45, 7) is -0.102. The Balaban J connectivity index is 2.29. The van der Waals surface area contributed by atoms with E-state index in [1.165, 1.54) is 6.07 Å². The van der Waals surface area contributed by atoms with E-state index in [2.05, 4.69) is 21.2 Å². The van der Waals surface area contributed by atoms with Crippen LogP contribution in [0, 0.1) is 0 Å². The molecule has 0 aliphatic carbocycles. The van der Waals surface area contributed by atoms with Crippen LogP contribution >= 0.6 is 15.9 Å². The van der Waals surface area contributed by atoms with Gasteiger partial charge in [-0.15, -0.1) is 0 Å². The topological polar surface area (TPSA) is 86.6 Å². The Hall–Kier alpha value is -2.18. The second kappa shape index (κ2) is 6.51. The van der Waals surface area contributed by atoms with E-state index in [0.717, 1.165) is 0 Å². The smallest absolute Gasteiger partial charge is 0.337 e. The summed E-state index contributed by atoms with van der Waals surface area (Å²) < 4.78 is 0.489. The zero-order valence-electron chi connectivity index (χ0n) is 10.8. The van der Waals surface area contributed by atoms with Crippen LogP contribution in [-0.4, -0.2) is 22.1 Å². The van der Waals surface area contributed by atoms with Crippen molar-refractivity contribution in [2.45, 2.75) is 6.61 Å². The molecule has 0 spiro atoms. The van der Waals surface area contributed by atoms with E-state index in [9.17, 15) is 9.59 Å². The number of nitrogens with one attached hydrogen (secondary N) is 1. The molecule has 0 radical (unpaired) electrons. The molecule has 0 aromatic heterocycles. The fourth-order valence-corrected chi connectivity index (χ4v) is 2.24. The minimum atomic E-state index is -1.12. The molecular weight excluding hydrogens is 338 g/mol. The molecule has 2 rings (SSSR count). The minimum absolute atomic E-state index is 0.00435. The number of aromatic carboxylic acids is 1. The number of amides is 1. The number of halogens is 1.